The molecule has 0 atom stereocenters. The molecule has 46 heavy (non-hydrogen) atoms. The SMILES string of the molecule is Cc1ccc(OCCC(F)(F)F)c(N2C(=O)CS/C2=N\C(=O)Nc2ccc(-c3ncn(-c4cccc(OC(F)(F)F)c4)n3)cc2)c1. The maximum absolute atomic E-state index is 12.8. The van der Waals surface area contributed by atoms with Crippen molar-refractivity contribution in [1.29, 1.82) is 0 Å². The average Bonchev–Trinajstić information content (AvgIpc) is 3.60. The highest BCUT2D eigenvalue weighted by molar-refractivity contribution is 8.15. The van der Waals surface area contributed by atoms with E-state index in [-0.39, 0.29) is 33.9 Å². The van der Waals surface area contributed by atoms with E-state index in [1.165, 1.54) is 29.2 Å². The van der Waals surface area contributed by atoms with Gasteiger partial charge < -0.3 is 14.8 Å². The number of amidine groups is 1. The van der Waals surface area contributed by atoms with Gasteiger partial charge in [-0.3, -0.25) is 9.69 Å². The van der Waals surface area contributed by atoms with Gasteiger partial charge in [0, 0.05) is 17.3 Å². The summed E-state index contributed by atoms with van der Waals surface area (Å²) in [7, 11) is 0. The van der Waals surface area contributed by atoms with E-state index in [1.807, 2.05) is 0 Å². The molecule has 0 bridgehead atoms. The van der Waals surface area contributed by atoms with Gasteiger partial charge in [0.1, 0.15) is 17.8 Å². The number of amides is 3. The summed E-state index contributed by atoms with van der Waals surface area (Å²) in [6, 6.07) is 15.3. The van der Waals surface area contributed by atoms with Crippen LogP contribution in [0, 0.1) is 6.92 Å². The third-order valence-electron chi connectivity index (χ3n) is 6.16. The Hall–Kier alpha value is -5.06. The monoisotopic (exact) mass is 664 g/mol. The Morgan fingerprint density at radius 1 is 1.04 bits per heavy atom. The van der Waals surface area contributed by atoms with Gasteiger partial charge in [-0.05, 0) is 61.0 Å². The fourth-order valence-corrected chi connectivity index (χ4v) is 5.02. The van der Waals surface area contributed by atoms with Crippen molar-refractivity contribution in [1.82, 2.24) is 14.8 Å². The fourth-order valence-electron chi connectivity index (χ4n) is 4.17. The fraction of sp³-hybridized carbons (Fsp3) is 0.207. The van der Waals surface area contributed by atoms with Crippen LogP contribution in [-0.2, 0) is 4.79 Å². The predicted octanol–water partition coefficient (Wildman–Crippen LogP) is 7.14. The van der Waals surface area contributed by atoms with Gasteiger partial charge in [0.25, 0.3) is 0 Å². The molecule has 17 heteroatoms. The molecule has 0 spiro atoms. The van der Waals surface area contributed by atoms with Crippen LogP contribution in [-0.4, -0.2) is 56.8 Å². The largest absolute Gasteiger partial charge is 0.573 e. The zero-order valence-corrected chi connectivity index (χ0v) is 24.4. The Labute approximate surface area is 261 Å². The van der Waals surface area contributed by atoms with Gasteiger partial charge in [-0.15, -0.1) is 18.3 Å². The van der Waals surface area contributed by atoms with E-state index in [4.69, 9.17) is 4.74 Å². The second kappa shape index (κ2) is 13.1. The molecule has 0 aliphatic carbocycles. The number of nitrogens with zero attached hydrogens (tertiary/aromatic N) is 5. The van der Waals surface area contributed by atoms with Crippen LogP contribution >= 0.6 is 11.8 Å². The molecule has 1 aromatic heterocycles. The highest BCUT2D eigenvalue weighted by Gasteiger charge is 2.34. The molecule has 1 saturated heterocycles. The summed E-state index contributed by atoms with van der Waals surface area (Å²) in [5.74, 6) is -0.603. The Bertz CT molecular complexity index is 1780. The van der Waals surface area contributed by atoms with E-state index in [1.54, 1.807) is 43.3 Å². The van der Waals surface area contributed by atoms with Gasteiger partial charge in [-0.2, -0.15) is 18.2 Å². The topological polar surface area (TPSA) is 111 Å². The van der Waals surface area contributed by atoms with E-state index in [0.717, 1.165) is 28.8 Å². The molecule has 10 nitrogen and oxygen atoms in total. The van der Waals surface area contributed by atoms with Crippen molar-refractivity contribution in [3.05, 3.63) is 78.6 Å². The van der Waals surface area contributed by atoms with Gasteiger partial charge in [0.15, 0.2) is 11.0 Å². The first kappa shape index (κ1) is 32.3. The van der Waals surface area contributed by atoms with Crippen LogP contribution in [0.3, 0.4) is 0 Å². The Morgan fingerprint density at radius 3 is 2.52 bits per heavy atom. The number of thioether (sulfide) groups is 1. The molecule has 2 heterocycles. The lowest BCUT2D eigenvalue weighted by atomic mass is 10.2. The number of aromatic nitrogens is 3. The van der Waals surface area contributed by atoms with Crippen LogP contribution in [0.4, 0.5) is 42.5 Å². The molecule has 1 N–H and O–H groups in total. The first-order valence-electron chi connectivity index (χ1n) is 13.3. The number of hydrogen-bond acceptors (Lipinski definition) is 7. The zero-order chi connectivity index (χ0) is 33.1. The number of carbonyl (C=O) groups is 2. The van der Waals surface area contributed by atoms with Crippen LogP contribution in [0.2, 0.25) is 0 Å². The number of benzene rings is 3. The van der Waals surface area contributed by atoms with E-state index < -0.39 is 43.3 Å². The van der Waals surface area contributed by atoms with Gasteiger partial charge >= 0.3 is 18.6 Å². The van der Waals surface area contributed by atoms with Gasteiger partial charge in [0.05, 0.1) is 30.2 Å². The second-order valence-electron chi connectivity index (χ2n) is 9.66. The smallest absolute Gasteiger partial charge is 0.491 e. The second-order valence-corrected chi connectivity index (χ2v) is 10.6. The van der Waals surface area contributed by atoms with E-state index >= 15 is 0 Å². The van der Waals surface area contributed by atoms with Crippen LogP contribution in [0.1, 0.15) is 12.0 Å². The molecule has 0 saturated carbocycles. The van der Waals surface area contributed by atoms with Crippen LogP contribution < -0.4 is 19.7 Å². The molecular weight excluding hydrogens is 642 g/mol. The summed E-state index contributed by atoms with van der Waals surface area (Å²) < 4.78 is 86.2. The summed E-state index contributed by atoms with van der Waals surface area (Å²) in [5, 5.41) is 6.89. The van der Waals surface area contributed by atoms with Crippen molar-refractivity contribution in [2.75, 3.05) is 22.6 Å². The number of urea groups is 1. The average molecular weight is 665 g/mol. The van der Waals surface area contributed by atoms with E-state index in [0.29, 0.717) is 16.8 Å². The maximum atomic E-state index is 12.8. The Kier molecular flexibility index (Phi) is 9.22. The molecule has 1 aliphatic heterocycles. The number of alkyl halides is 6. The zero-order valence-electron chi connectivity index (χ0n) is 23.6. The van der Waals surface area contributed by atoms with Crippen molar-refractivity contribution in [2.24, 2.45) is 4.99 Å². The first-order valence-corrected chi connectivity index (χ1v) is 14.3. The summed E-state index contributed by atoms with van der Waals surface area (Å²) in [4.78, 5) is 34.9. The lowest BCUT2D eigenvalue weighted by Crippen LogP contribution is -2.31. The number of nitrogens with one attached hydrogen (secondary N) is 1. The normalized spacial score (nSPS) is 14.5. The minimum atomic E-state index is -4.84. The minimum absolute atomic E-state index is 0.0184. The molecule has 4 aromatic rings. The van der Waals surface area contributed by atoms with E-state index in [9.17, 15) is 35.9 Å². The van der Waals surface area contributed by atoms with Gasteiger partial charge in [0.2, 0.25) is 5.91 Å². The van der Waals surface area contributed by atoms with Crippen molar-refractivity contribution in [3.63, 3.8) is 0 Å². The number of ether oxygens (including phenoxy) is 2. The van der Waals surface area contributed by atoms with Crippen LogP contribution in [0.25, 0.3) is 17.1 Å². The van der Waals surface area contributed by atoms with Crippen molar-refractivity contribution >= 4 is 40.2 Å². The number of anilines is 2. The standard InChI is InChI=1S/C29H22F6N6O4S/c1-17-5-10-23(44-12-11-28(30,31)32)22(13-17)41-24(42)15-46-27(41)38-26(43)37-19-8-6-18(7-9-19)25-36-16-40(39-25)20-3-2-4-21(14-20)45-29(33,34)35/h2-10,13-14,16H,11-12,15H2,1H3,(H,37,43)/b38-27-. The highest BCUT2D eigenvalue weighted by Crippen LogP contribution is 2.36. The number of halogens is 6. The molecule has 3 aromatic carbocycles. The quantitative estimate of drug-likeness (QED) is 0.199. The first-order chi connectivity index (χ1) is 21.7. The number of aliphatic imine (C=N–C) groups is 1. The van der Waals surface area contributed by atoms with Crippen molar-refractivity contribution in [3.8, 4) is 28.6 Å². The summed E-state index contributed by atoms with van der Waals surface area (Å²) in [6.45, 7) is 1.08. The number of aryl methyl sites for hydroxylation is 1. The molecule has 1 aliphatic rings. The lowest BCUT2D eigenvalue weighted by Gasteiger charge is -2.20. The molecule has 5 rings (SSSR count). The highest BCUT2D eigenvalue weighted by atomic mass is 32.2. The third-order valence-corrected chi connectivity index (χ3v) is 7.09. The summed E-state index contributed by atoms with van der Waals surface area (Å²) in [6.07, 6.45) is -9.13. The summed E-state index contributed by atoms with van der Waals surface area (Å²) in [5.41, 5.74) is 2.02. The third kappa shape index (κ3) is 8.35. The molecular formula is C29H22F6N6O4S. The summed E-state index contributed by atoms with van der Waals surface area (Å²) >= 11 is 0.986. The van der Waals surface area contributed by atoms with Crippen molar-refractivity contribution in [2.45, 2.75) is 25.9 Å². The molecule has 3 amide bonds. The van der Waals surface area contributed by atoms with Gasteiger partial charge in [-0.25, -0.2) is 14.5 Å². The minimum Gasteiger partial charge on any atom is -0.491 e. The van der Waals surface area contributed by atoms with E-state index in [2.05, 4.69) is 25.1 Å². The Balaban J connectivity index is 1.27. The van der Waals surface area contributed by atoms with Crippen LogP contribution in [0.15, 0.2) is 78.0 Å². The maximum Gasteiger partial charge on any atom is 0.573 e. The number of hydrogen-bond donors (Lipinski definition) is 1. The van der Waals surface area contributed by atoms with Crippen LogP contribution in [0.5, 0.6) is 11.5 Å². The van der Waals surface area contributed by atoms with Gasteiger partial charge in [-0.1, -0.05) is 23.9 Å². The molecule has 0 radical (unpaired) electrons. The molecule has 0 unspecified atom stereocenters. The predicted molar refractivity (Wildman–Crippen MR) is 157 cm³/mol. The van der Waals surface area contributed by atoms with Crippen molar-refractivity contribution < 1.29 is 45.4 Å². The molecule has 240 valence electrons. The molecule has 1 fully saturated rings. The Morgan fingerprint density at radius 2 is 1.80 bits per heavy atom. The number of carbonyl (C=O) groups excluding carboxylic acids is 2. The number of rotatable bonds is 8. The lowest BCUT2D eigenvalue weighted by molar-refractivity contribution is -0.274.